The molecule has 0 saturated carbocycles. The van der Waals surface area contributed by atoms with E-state index in [1.165, 1.54) is 18.5 Å². The van der Waals surface area contributed by atoms with Crippen molar-refractivity contribution in [1.29, 1.82) is 0 Å². The van der Waals surface area contributed by atoms with Crippen LogP contribution in [0.4, 0.5) is 0 Å². The molecular formula is C13H17N3O. The molecule has 1 aromatic heterocycles. The predicted molar refractivity (Wildman–Crippen MR) is 65.4 cm³/mol. The molecule has 1 atom stereocenters. The van der Waals surface area contributed by atoms with Crippen molar-refractivity contribution in [2.45, 2.75) is 38.6 Å². The Morgan fingerprint density at radius 3 is 3.18 bits per heavy atom. The van der Waals surface area contributed by atoms with Crippen molar-refractivity contribution in [1.82, 2.24) is 14.9 Å². The number of carbonyl (C=O) groups is 1. The fourth-order valence-corrected chi connectivity index (χ4v) is 2.24. The van der Waals surface area contributed by atoms with Gasteiger partial charge in [-0.1, -0.05) is 5.92 Å². The van der Waals surface area contributed by atoms with Crippen molar-refractivity contribution >= 4 is 5.91 Å². The smallest absolute Gasteiger partial charge is 0.243 e. The number of terminal acetylenes is 1. The summed E-state index contributed by atoms with van der Waals surface area (Å²) >= 11 is 0. The Morgan fingerprint density at radius 1 is 1.65 bits per heavy atom. The highest BCUT2D eigenvalue weighted by Gasteiger charge is 2.21. The minimum absolute atomic E-state index is 0.0475. The van der Waals surface area contributed by atoms with Gasteiger partial charge in [-0.3, -0.25) is 4.79 Å². The minimum Gasteiger partial charge on any atom is -0.343 e. The second-order valence-corrected chi connectivity index (χ2v) is 4.35. The Labute approximate surface area is 101 Å². The van der Waals surface area contributed by atoms with Crippen LogP contribution in [0.3, 0.4) is 0 Å². The number of imidazole rings is 1. The number of fused-ring (bicyclic) bond motifs is 1. The predicted octanol–water partition coefficient (Wildman–Crippen LogP) is 1.07. The maximum Gasteiger partial charge on any atom is 0.243 e. The fraction of sp³-hybridized carbons (Fsp3) is 0.538. The van der Waals surface area contributed by atoms with E-state index < -0.39 is 0 Å². The average Bonchev–Trinajstić information content (AvgIpc) is 2.78. The molecule has 0 spiro atoms. The quantitative estimate of drug-likeness (QED) is 0.791. The lowest BCUT2D eigenvalue weighted by Crippen LogP contribution is -2.31. The second kappa shape index (κ2) is 5.05. The molecule has 1 aliphatic rings. The van der Waals surface area contributed by atoms with E-state index in [9.17, 15) is 4.79 Å². The lowest BCUT2D eigenvalue weighted by Gasteiger charge is -2.18. The zero-order valence-electron chi connectivity index (χ0n) is 10.1. The van der Waals surface area contributed by atoms with Crippen LogP contribution < -0.4 is 5.32 Å². The summed E-state index contributed by atoms with van der Waals surface area (Å²) in [5.74, 6) is 2.36. The highest BCUT2D eigenvalue weighted by Crippen LogP contribution is 2.22. The van der Waals surface area contributed by atoms with Gasteiger partial charge in [-0.25, -0.2) is 4.98 Å². The number of hydrogen-bond acceptors (Lipinski definition) is 2. The van der Waals surface area contributed by atoms with Gasteiger partial charge in [0, 0.05) is 5.69 Å². The van der Waals surface area contributed by atoms with Crippen LogP contribution >= 0.6 is 0 Å². The molecule has 1 heterocycles. The molecule has 1 unspecified atom stereocenters. The van der Waals surface area contributed by atoms with Gasteiger partial charge in [0.1, 0.15) is 6.04 Å². The number of amides is 1. The van der Waals surface area contributed by atoms with Crippen LogP contribution in [0.2, 0.25) is 0 Å². The molecule has 0 fully saturated rings. The summed E-state index contributed by atoms with van der Waals surface area (Å²) in [4.78, 5) is 16.2. The van der Waals surface area contributed by atoms with Gasteiger partial charge in [-0.05, 0) is 32.6 Å². The van der Waals surface area contributed by atoms with Crippen molar-refractivity contribution < 1.29 is 4.79 Å². The molecule has 2 rings (SSSR count). The summed E-state index contributed by atoms with van der Waals surface area (Å²) < 4.78 is 1.97. The lowest BCUT2D eigenvalue weighted by molar-refractivity contribution is -0.123. The molecular weight excluding hydrogens is 214 g/mol. The molecule has 0 aliphatic heterocycles. The zero-order chi connectivity index (χ0) is 12.3. The monoisotopic (exact) mass is 231 g/mol. The summed E-state index contributed by atoms with van der Waals surface area (Å²) in [5.41, 5.74) is 2.35. The largest absolute Gasteiger partial charge is 0.343 e. The first kappa shape index (κ1) is 11.7. The number of nitrogens with one attached hydrogen (secondary N) is 1. The number of carbonyl (C=O) groups excluding carboxylic acids is 1. The van der Waals surface area contributed by atoms with Crippen molar-refractivity contribution in [2.24, 2.45) is 0 Å². The van der Waals surface area contributed by atoms with Crippen molar-refractivity contribution in [2.75, 3.05) is 6.54 Å². The normalized spacial score (nSPS) is 15.8. The van der Waals surface area contributed by atoms with E-state index in [-0.39, 0.29) is 18.5 Å². The maximum atomic E-state index is 11.8. The Morgan fingerprint density at radius 2 is 2.41 bits per heavy atom. The minimum atomic E-state index is -0.238. The summed E-state index contributed by atoms with van der Waals surface area (Å²) in [6.45, 7) is 2.16. The van der Waals surface area contributed by atoms with Gasteiger partial charge in [0.2, 0.25) is 5.91 Å². The average molecular weight is 231 g/mol. The van der Waals surface area contributed by atoms with Gasteiger partial charge in [0.25, 0.3) is 0 Å². The van der Waals surface area contributed by atoms with E-state index >= 15 is 0 Å². The van der Waals surface area contributed by atoms with E-state index in [0.29, 0.717) is 0 Å². The topological polar surface area (TPSA) is 46.9 Å². The molecule has 1 N–H and O–H groups in total. The highest BCUT2D eigenvalue weighted by atomic mass is 16.2. The lowest BCUT2D eigenvalue weighted by atomic mass is 10.0. The standard InChI is InChI=1S/C13H17N3O/c1-3-8-14-13(17)10(2)16-9-15-11-6-4-5-7-12(11)16/h1,9-10H,4-8H2,2H3,(H,14,17). The Bertz CT molecular complexity index is 456. The van der Waals surface area contributed by atoms with E-state index in [1.54, 1.807) is 6.33 Å². The molecule has 4 heteroatoms. The fourth-order valence-electron chi connectivity index (χ4n) is 2.24. The number of rotatable bonds is 3. The van der Waals surface area contributed by atoms with Crippen LogP contribution in [0.15, 0.2) is 6.33 Å². The van der Waals surface area contributed by atoms with Crippen LogP contribution in [-0.2, 0) is 17.6 Å². The van der Waals surface area contributed by atoms with E-state index in [1.807, 2.05) is 11.5 Å². The molecule has 0 radical (unpaired) electrons. The molecule has 1 aliphatic carbocycles. The van der Waals surface area contributed by atoms with Crippen molar-refractivity contribution in [3.8, 4) is 12.3 Å². The third-order valence-corrected chi connectivity index (χ3v) is 3.22. The van der Waals surface area contributed by atoms with E-state index in [2.05, 4.69) is 16.2 Å². The highest BCUT2D eigenvalue weighted by molar-refractivity contribution is 5.80. The molecule has 0 saturated heterocycles. The van der Waals surface area contributed by atoms with Crippen molar-refractivity contribution in [3.63, 3.8) is 0 Å². The first-order valence-electron chi connectivity index (χ1n) is 5.99. The summed E-state index contributed by atoms with van der Waals surface area (Å²) in [6, 6.07) is -0.238. The zero-order valence-corrected chi connectivity index (χ0v) is 10.1. The Balaban J connectivity index is 2.14. The van der Waals surface area contributed by atoms with Crippen LogP contribution in [0.5, 0.6) is 0 Å². The first-order valence-corrected chi connectivity index (χ1v) is 5.99. The molecule has 1 amide bonds. The van der Waals surface area contributed by atoms with Crippen LogP contribution in [0, 0.1) is 12.3 Å². The van der Waals surface area contributed by atoms with Gasteiger partial charge < -0.3 is 9.88 Å². The first-order chi connectivity index (χ1) is 8.24. The number of aromatic nitrogens is 2. The van der Waals surface area contributed by atoms with Gasteiger partial charge in [-0.2, -0.15) is 0 Å². The Kier molecular flexibility index (Phi) is 3.48. The van der Waals surface area contributed by atoms with Gasteiger partial charge in [-0.15, -0.1) is 6.42 Å². The summed E-state index contributed by atoms with van der Waals surface area (Å²) in [6.07, 6.45) is 11.3. The summed E-state index contributed by atoms with van der Waals surface area (Å²) in [5, 5.41) is 2.70. The maximum absolute atomic E-state index is 11.8. The number of hydrogen-bond donors (Lipinski definition) is 1. The molecule has 17 heavy (non-hydrogen) atoms. The third kappa shape index (κ3) is 2.33. The van der Waals surface area contributed by atoms with Gasteiger partial charge in [0.05, 0.1) is 18.6 Å². The molecule has 0 aromatic carbocycles. The molecule has 1 aromatic rings. The van der Waals surface area contributed by atoms with Crippen molar-refractivity contribution in [3.05, 3.63) is 17.7 Å². The summed E-state index contributed by atoms with van der Waals surface area (Å²) in [7, 11) is 0. The van der Waals surface area contributed by atoms with Gasteiger partial charge >= 0.3 is 0 Å². The number of nitrogens with zero attached hydrogens (tertiary/aromatic N) is 2. The van der Waals surface area contributed by atoms with Crippen LogP contribution in [0.25, 0.3) is 0 Å². The van der Waals surface area contributed by atoms with E-state index in [4.69, 9.17) is 6.42 Å². The van der Waals surface area contributed by atoms with E-state index in [0.717, 1.165) is 18.5 Å². The van der Waals surface area contributed by atoms with Gasteiger partial charge in [0.15, 0.2) is 0 Å². The molecule has 4 nitrogen and oxygen atoms in total. The SMILES string of the molecule is C#CCNC(=O)C(C)n1cnc2c1CCCC2. The molecule has 0 bridgehead atoms. The van der Waals surface area contributed by atoms with Crippen LogP contribution in [-0.4, -0.2) is 22.0 Å². The third-order valence-electron chi connectivity index (χ3n) is 3.22. The molecule has 90 valence electrons. The Hall–Kier alpha value is -1.76. The second-order valence-electron chi connectivity index (χ2n) is 4.35. The number of aryl methyl sites for hydroxylation is 1. The van der Waals surface area contributed by atoms with Crippen LogP contribution in [0.1, 0.15) is 37.2 Å².